The van der Waals surface area contributed by atoms with E-state index in [0.29, 0.717) is 12.2 Å². The lowest BCUT2D eigenvalue weighted by atomic mass is 10.3. The van der Waals surface area contributed by atoms with Crippen molar-refractivity contribution >= 4 is 28.6 Å². The van der Waals surface area contributed by atoms with E-state index in [-0.39, 0.29) is 18.1 Å². The first-order valence-electron chi connectivity index (χ1n) is 6.42. The number of nitrogens with zero attached hydrogens (tertiary/aromatic N) is 1. The molecule has 0 radical (unpaired) electrons. The van der Waals surface area contributed by atoms with Gasteiger partial charge in [-0.15, -0.1) is 11.3 Å². The number of rotatable bonds is 7. The number of non-ortho nitro benzene ring substituents is 1. The van der Waals surface area contributed by atoms with Crippen molar-refractivity contribution in [2.45, 2.75) is 6.42 Å². The molecule has 6 nitrogen and oxygen atoms in total. The van der Waals surface area contributed by atoms with Crippen molar-refractivity contribution in [2.75, 3.05) is 18.4 Å². The van der Waals surface area contributed by atoms with Crippen LogP contribution in [-0.2, 0) is 11.2 Å². The number of nitrogens with one attached hydrogen (secondary N) is 2. The second-order valence-corrected chi connectivity index (χ2v) is 5.37. The summed E-state index contributed by atoms with van der Waals surface area (Å²) in [6.07, 6.45) is 0.806. The first kappa shape index (κ1) is 15.0. The number of nitro benzene ring substituents is 1. The predicted molar refractivity (Wildman–Crippen MR) is 82.6 cm³/mol. The van der Waals surface area contributed by atoms with Gasteiger partial charge in [-0.3, -0.25) is 14.9 Å². The van der Waals surface area contributed by atoms with Crippen molar-refractivity contribution in [3.8, 4) is 0 Å². The van der Waals surface area contributed by atoms with Gasteiger partial charge in [0.05, 0.1) is 11.5 Å². The Bertz CT molecular complexity index is 614. The molecule has 2 N–H and O–H groups in total. The van der Waals surface area contributed by atoms with Gasteiger partial charge >= 0.3 is 0 Å². The highest BCUT2D eigenvalue weighted by Gasteiger charge is 2.06. The van der Waals surface area contributed by atoms with E-state index < -0.39 is 4.92 Å². The average molecular weight is 305 g/mol. The molecule has 1 amide bonds. The lowest BCUT2D eigenvalue weighted by Crippen LogP contribution is -2.31. The number of hydrogen-bond donors (Lipinski definition) is 2. The molecule has 21 heavy (non-hydrogen) atoms. The van der Waals surface area contributed by atoms with Crippen LogP contribution in [0, 0.1) is 10.1 Å². The Kier molecular flexibility index (Phi) is 5.28. The van der Waals surface area contributed by atoms with E-state index in [9.17, 15) is 14.9 Å². The summed E-state index contributed by atoms with van der Waals surface area (Å²) in [6, 6.07) is 10.1. The molecule has 110 valence electrons. The van der Waals surface area contributed by atoms with Crippen molar-refractivity contribution in [3.05, 3.63) is 56.8 Å². The minimum atomic E-state index is -0.466. The Morgan fingerprint density at radius 3 is 2.86 bits per heavy atom. The molecule has 1 heterocycles. The molecule has 0 aliphatic carbocycles. The van der Waals surface area contributed by atoms with Crippen LogP contribution in [0.2, 0.25) is 0 Å². The summed E-state index contributed by atoms with van der Waals surface area (Å²) in [5.41, 5.74) is 0.552. The summed E-state index contributed by atoms with van der Waals surface area (Å²) in [5.74, 6) is -0.141. The van der Waals surface area contributed by atoms with Gasteiger partial charge in [0.15, 0.2) is 0 Å². The van der Waals surface area contributed by atoms with Crippen LogP contribution in [0.25, 0.3) is 0 Å². The number of anilines is 1. The second-order valence-electron chi connectivity index (χ2n) is 4.34. The number of nitro groups is 1. The third kappa shape index (κ3) is 4.88. The van der Waals surface area contributed by atoms with Crippen molar-refractivity contribution < 1.29 is 9.72 Å². The molecule has 7 heteroatoms. The lowest BCUT2D eigenvalue weighted by Gasteiger charge is -2.07. The second kappa shape index (κ2) is 7.39. The maximum atomic E-state index is 11.7. The molecular formula is C14H15N3O3S. The Labute approximate surface area is 126 Å². The van der Waals surface area contributed by atoms with Gasteiger partial charge in [0.25, 0.3) is 5.69 Å². The van der Waals surface area contributed by atoms with Crippen LogP contribution in [0.1, 0.15) is 4.88 Å². The Morgan fingerprint density at radius 1 is 1.29 bits per heavy atom. The molecule has 0 unspecified atom stereocenters. The zero-order valence-corrected chi connectivity index (χ0v) is 12.1. The molecule has 2 rings (SSSR count). The average Bonchev–Trinajstić information content (AvgIpc) is 2.99. The van der Waals surface area contributed by atoms with E-state index in [1.54, 1.807) is 23.5 Å². The summed E-state index contributed by atoms with van der Waals surface area (Å²) >= 11 is 1.66. The van der Waals surface area contributed by atoms with Crippen molar-refractivity contribution in [3.63, 3.8) is 0 Å². The van der Waals surface area contributed by atoms with Crippen molar-refractivity contribution in [2.24, 2.45) is 0 Å². The van der Waals surface area contributed by atoms with E-state index >= 15 is 0 Å². The zero-order chi connectivity index (χ0) is 15.1. The number of carbonyl (C=O) groups is 1. The van der Waals surface area contributed by atoms with Crippen LogP contribution in [0.5, 0.6) is 0 Å². The summed E-state index contributed by atoms with van der Waals surface area (Å²) in [6.45, 7) is 0.668. The maximum absolute atomic E-state index is 11.7. The summed E-state index contributed by atoms with van der Waals surface area (Å²) in [5, 5.41) is 18.3. The molecule has 0 spiro atoms. The van der Waals surface area contributed by atoms with Crippen LogP contribution in [0.3, 0.4) is 0 Å². The molecule has 0 saturated carbocycles. The summed E-state index contributed by atoms with van der Waals surface area (Å²) in [7, 11) is 0. The quantitative estimate of drug-likeness (QED) is 0.608. The van der Waals surface area contributed by atoms with Crippen LogP contribution in [-0.4, -0.2) is 23.9 Å². The van der Waals surface area contributed by atoms with Gasteiger partial charge in [-0.05, 0) is 23.9 Å². The van der Waals surface area contributed by atoms with Crippen molar-refractivity contribution in [1.82, 2.24) is 5.32 Å². The largest absolute Gasteiger partial charge is 0.376 e. The molecule has 2 aromatic rings. The topological polar surface area (TPSA) is 84.3 Å². The van der Waals surface area contributed by atoms with E-state index in [1.807, 2.05) is 17.5 Å². The van der Waals surface area contributed by atoms with E-state index in [4.69, 9.17) is 0 Å². The smallest absolute Gasteiger partial charge is 0.271 e. The Balaban J connectivity index is 1.73. The van der Waals surface area contributed by atoms with Crippen molar-refractivity contribution in [1.29, 1.82) is 0 Å². The van der Waals surface area contributed by atoms with Gasteiger partial charge in [0, 0.05) is 29.2 Å². The van der Waals surface area contributed by atoms with Crippen LogP contribution < -0.4 is 10.6 Å². The molecular weight excluding hydrogens is 290 g/mol. The van der Waals surface area contributed by atoms with Crippen LogP contribution in [0.15, 0.2) is 41.8 Å². The highest BCUT2D eigenvalue weighted by Crippen LogP contribution is 2.16. The SMILES string of the molecule is O=C(CNc1cccc([N+](=O)[O-])c1)NCCc1cccs1. The minimum absolute atomic E-state index is 0.00176. The normalized spacial score (nSPS) is 10.1. The molecule has 0 aliphatic rings. The maximum Gasteiger partial charge on any atom is 0.271 e. The highest BCUT2D eigenvalue weighted by molar-refractivity contribution is 7.09. The standard InChI is InChI=1S/C14H15N3O3S/c18-14(15-7-6-13-5-2-8-21-13)10-16-11-3-1-4-12(9-11)17(19)20/h1-5,8-9,16H,6-7,10H2,(H,15,18). The van der Waals surface area contributed by atoms with Gasteiger partial charge in [-0.25, -0.2) is 0 Å². The van der Waals surface area contributed by atoms with Gasteiger partial charge in [0.1, 0.15) is 0 Å². The molecule has 0 bridgehead atoms. The molecule has 0 fully saturated rings. The fraction of sp³-hybridized carbons (Fsp3) is 0.214. The third-order valence-electron chi connectivity index (χ3n) is 2.78. The van der Waals surface area contributed by atoms with Gasteiger partial charge in [-0.2, -0.15) is 0 Å². The predicted octanol–water partition coefficient (Wildman–Crippen LogP) is 2.43. The van der Waals surface area contributed by atoms with Crippen LogP contribution in [0.4, 0.5) is 11.4 Å². The monoisotopic (exact) mass is 305 g/mol. The molecule has 1 aromatic carbocycles. The van der Waals surface area contributed by atoms with Gasteiger partial charge in [-0.1, -0.05) is 12.1 Å². The minimum Gasteiger partial charge on any atom is -0.376 e. The molecule has 0 aliphatic heterocycles. The molecule has 0 saturated heterocycles. The summed E-state index contributed by atoms with van der Waals surface area (Å²) < 4.78 is 0. The number of carbonyl (C=O) groups excluding carboxylic acids is 1. The third-order valence-corrected chi connectivity index (χ3v) is 3.72. The van der Waals surface area contributed by atoms with E-state index in [2.05, 4.69) is 10.6 Å². The first-order valence-corrected chi connectivity index (χ1v) is 7.30. The highest BCUT2D eigenvalue weighted by atomic mass is 32.1. The Morgan fingerprint density at radius 2 is 2.14 bits per heavy atom. The fourth-order valence-electron chi connectivity index (χ4n) is 1.75. The van der Waals surface area contributed by atoms with E-state index in [1.165, 1.54) is 17.0 Å². The number of benzene rings is 1. The fourth-order valence-corrected chi connectivity index (χ4v) is 2.46. The molecule has 1 aromatic heterocycles. The first-order chi connectivity index (χ1) is 10.1. The van der Waals surface area contributed by atoms with Gasteiger partial charge < -0.3 is 10.6 Å². The number of amides is 1. The number of hydrogen-bond acceptors (Lipinski definition) is 5. The Hall–Kier alpha value is -2.41. The van der Waals surface area contributed by atoms with Crippen LogP contribution >= 0.6 is 11.3 Å². The van der Waals surface area contributed by atoms with E-state index in [0.717, 1.165) is 6.42 Å². The van der Waals surface area contributed by atoms with Gasteiger partial charge in [0.2, 0.25) is 5.91 Å². The molecule has 0 atom stereocenters. The lowest BCUT2D eigenvalue weighted by molar-refractivity contribution is -0.384. The zero-order valence-electron chi connectivity index (χ0n) is 11.2. The number of thiophene rings is 1. The summed E-state index contributed by atoms with van der Waals surface area (Å²) in [4.78, 5) is 23.1.